The molecule has 0 radical (unpaired) electrons. The van der Waals surface area contributed by atoms with Crippen LogP contribution in [0.3, 0.4) is 0 Å². The maximum absolute atomic E-state index is 12.8. The number of nitrogens with zero attached hydrogens (tertiary/aromatic N) is 1. The smallest absolute Gasteiger partial charge is 0.235 e. The Balaban J connectivity index is 1.38. The minimum Gasteiger partial charge on any atom is -0.366 e. The van der Waals surface area contributed by atoms with Gasteiger partial charge in [-0.15, -0.1) is 0 Å². The quantitative estimate of drug-likeness (QED) is 0.685. The lowest BCUT2D eigenvalue weighted by Crippen LogP contribution is -2.40. The molecule has 3 fully saturated rings. The van der Waals surface area contributed by atoms with Crippen LogP contribution < -0.4 is 5.32 Å². The van der Waals surface area contributed by atoms with Crippen LogP contribution in [0.4, 0.5) is 5.69 Å². The van der Waals surface area contributed by atoms with E-state index in [1.807, 2.05) is 18.2 Å². The van der Waals surface area contributed by atoms with Crippen LogP contribution in [-0.4, -0.2) is 23.4 Å². The van der Waals surface area contributed by atoms with Gasteiger partial charge in [-0.3, -0.25) is 14.5 Å². The number of carbonyl (C=O) groups excluding carboxylic acids is 2. The van der Waals surface area contributed by atoms with Gasteiger partial charge in [0.25, 0.3) is 0 Å². The van der Waals surface area contributed by atoms with Gasteiger partial charge in [-0.1, -0.05) is 35.9 Å². The predicted octanol–water partition coefficient (Wildman–Crippen LogP) is 2.76. The molecule has 1 aromatic carbocycles. The zero-order valence-electron chi connectivity index (χ0n) is 12.5. The van der Waals surface area contributed by atoms with Crippen LogP contribution in [0.15, 0.2) is 36.4 Å². The number of nitrogens with one attached hydrogen (secondary N) is 1. The third-order valence-electron chi connectivity index (χ3n) is 6.06. The van der Waals surface area contributed by atoms with Crippen LogP contribution in [0.2, 0.25) is 5.02 Å². The van der Waals surface area contributed by atoms with Crippen molar-refractivity contribution >= 4 is 29.1 Å². The molecule has 5 heteroatoms. The average Bonchev–Trinajstić information content (AvgIpc) is 3.33. The number of allylic oxidation sites excluding steroid dienone is 2. The van der Waals surface area contributed by atoms with Gasteiger partial charge in [0.2, 0.25) is 11.8 Å². The molecule has 1 saturated heterocycles. The number of carbonyl (C=O) groups is 2. The third-order valence-corrected chi connectivity index (χ3v) is 6.39. The number of likely N-dealkylation sites (tertiary alicyclic amines) is 1. The largest absolute Gasteiger partial charge is 0.366 e. The average molecular weight is 329 g/mol. The summed E-state index contributed by atoms with van der Waals surface area (Å²) >= 11 is 6.12. The Labute approximate surface area is 139 Å². The van der Waals surface area contributed by atoms with Crippen LogP contribution in [0.25, 0.3) is 0 Å². The fraction of sp³-hybridized carbons (Fsp3) is 0.444. The van der Waals surface area contributed by atoms with Crippen LogP contribution in [0.1, 0.15) is 6.42 Å². The van der Waals surface area contributed by atoms with Gasteiger partial charge in [0.1, 0.15) is 0 Å². The highest BCUT2D eigenvalue weighted by Crippen LogP contribution is 2.65. The van der Waals surface area contributed by atoms with Crippen molar-refractivity contribution in [3.05, 3.63) is 41.4 Å². The van der Waals surface area contributed by atoms with Gasteiger partial charge in [-0.2, -0.15) is 0 Å². The maximum Gasteiger partial charge on any atom is 0.235 e. The van der Waals surface area contributed by atoms with E-state index in [1.54, 1.807) is 6.07 Å². The molecule has 6 atom stereocenters. The lowest BCUT2D eigenvalue weighted by Gasteiger charge is -2.37. The first-order chi connectivity index (χ1) is 11.2. The maximum atomic E-state index is 12.8. The highest BCUT2D eigenvalue weighted by Gasteiger charge is 2.66. The van der Waals surface area contributed by atoms with Gasteiger partial charge in [-0.25, -0.2) is 0 Å². The first-order valence-corrected chi connectivity index (χ1v) is 8.56. The van der Waals surface area contributed by atoms with Gasteiger partial charge in [0.15, 0.2) is 0 Å². The molecule has 1 N–H and O–H groups in total. The monoisotopic (exact) mass is 328 g/mol. The Morgan fingerprint density at radius 3 is 2.26 bits per heavy atom. The first kappa shape index (κ1) is 13.6. The molecule has 23 heavy (non-hydrogen) atoms. The summed E-state index contributed by atoms with van der Waals surface area (Å²) in [7, 11) is 0. The minimum absolute atomic E-state index is 0.00995. The standard InChI is InChI=1S/C18H17ClN2O2/c19-13-3-1-2-4-14(13)20-8-21-17(22)15-9-5-6-10(12-7-11(9)12)16(15)18(21)23/h1-6,9-12,15-16,20H,7-8H2/t9-,10-,11-,12-,15-,16+/m1/s1. The number of para-hydroxylation sites is 1. The summed E-state index contributed by atoms with van der Waals surface area (Å²) in [4.78, 5) is 27.0. The third kappa shape index (κ3) is 1.78. The number of anilines is 1. The van der Waals surface area contributed by atoms with Crippen LogP contribution in [0.5, 0.6) is 0 Å². The summed E-state index contributed by atoms with van der Waals surface area (Å²) in [6, 6.07) is 7.36. The molecule has 5 aliphatic rings. The summed E-state index contributed by atoms with van der Waals surface area (Å²) in [5.74, 6) is 1.55. The molecular formula is C18H17ClN2O2. The number of imide groups is 1. The summed E-state index contributed by atoms with van der Waals surface area (Å²) in [5.41, 5.74) is 0.744. The fourth-order valence-electron chi connectivity index (χ4n) is 4.94. The molecule has 6 rings (SSSR count). The molecule has 1 aromatic rings. The second-order valence-electron chi connectivity index (χ2n) is 7.07. The summed E-state index contributed by atoms with van der Waals surface area (Å²) in [6.07, 6.45) is 5.57. The van der Waals surface area contributed by atoms with Crippen molar-refractivity contribution in [3.8, 4) is 0 Å². The van der Waals surface area contributed by atoms with E-state index in [2.05, 4.69) is 17.5 Å². The number of hydrogen-bond acceptors (Lipinski definition) is 3. The lowest BCUT2D eigenvalue weighted by atomic mass is 9.63. The van der Waals surface area contributed by atoms with E-state index in [1.165, 1.54) is 11.3 Å². The van der Waals surface area contributed by atoms with Gasteiger partial charge in [-0.05, 0) is 42.2 Å². The summed E-state index contributed by atoms with van der Waals surface area (Å²) in [6.45, 7) is 0.198. The molecule has 2 saturated carbocycles. The molecule has 4 aliphatic carbocycles. The van der Waals surface area contributed by atoms with E-state index < -0.39 is 0 Å². The van der Waals surface area contributed by atoms with Crippen LogP contribution >= 0.6 is 11.6 Å². The zero-order valence-corrected chi connectivity index (χ0v) is 13.2. The highest BCUT2D eigenvalue weighted by molar-refractivity contribution is 6.33. The Morgan fingerprint density at radius 1 is 1.04 bits per heavy atom. The van der Waals surface area contributed by atoms with E-state index in [4.69, 9.17) is 11.6 Å². The van der Waals surface area contributed by atoms with Gasteiger partial charge in [0.05, 0.1) is 29.2 Å². The number of amides is 2. The second kappa shape index (κ2) is 4.60. The summed E-state index contributed by atoms with van der Waals surface area (Å²) in [5, 5.41) is 3.72. The Morgan fingerprint density at radius 2 is 1.65 bits per heavy atom. The number of halogens is 1. The molecule has 4 nitrogen and oxygen atoms in total. The fourth-order valence-corrected chi connectivity index (χ4v) is 5.15. The molecule has 2 bridgehead atoms. The molecular weight excluding hydrogens is 312 g/mol. The van der Waals surface area contributed by atoms with Gasteiger partial charge >= 0.3 is 0 Å². The SMILES string of the molecule is O=C1[C@@H]2[C@@H]3C=C[C@H]([C@H]4C[C@H]34)[C@@H]2C(=O)N1CNc1ccccc1Cl. The second-order valence-corrected chi connectivity index (χ2v) is 7.48. The van der Waals surface area contributed by atoms with E-state index >= 15 is 0 Å². The van der Waals surface area contributed by atoms with Gasteiger partial charge < -0.3 is 5.32 Å². The molecule has 2 amide bonds. The minimum atomic E-state index is -0.130. The van der Waals surface area contributed by atoms with Crippen molar-refractivity contribution in [3.63, 3.8) is 0 Å². The Kier molecular flexibility index (Phi) is 2.72. The van der Waals surface area contributed by atoms with Crippen molar-refractivity contribution < 1.29 is 9.59 Å². The normalized spacial score (nSPS) is 39.4. The van der Waals surface area contributed by atoms with E-state index in [0.29, 0.717) is 16.9 Å². The Bertz CT molecular complexity index is 710. The number of rotatable bonds is 3. The number of hydrogen-bond donors (Lipinski definition) is 1. The van der Waals surface area contributed by atoms with Crippen molar-refractivity contribution in [1.29, 1.82) is 0 Å². The summed E-state index contributed by atoms with van der Waals surface area (Å²) < 4.78 is 0. The molecule has 1 heterocycles. The van der Waals surface area contributed by atoms with Crippen molar-refractivity contribution in [2.45, 2.75) is 6.42 Å². The van der Waals surface area contributed by atoms with Crippen LogP contribution in [0, 0.1) is 35.5 Å². The van der Waals surface area contributed by atoms with E-state index in [0.717, 1.165) is 5.69 Å². The Hall–Kier alpha value is -1.81. The van der Waals surface area contributed by atoms with E-state index in [9.17, 15) is 9.59 Å². The zero-order chi connectivity index (χ0) is 15.7. The van der Waals surface area contributed by atoms with Crippen LogP contribution in [-0.2, 0) is 9.59 Å². The predicted molar refractivity (Wildman–Crippen MR) is 86.5 cm³/mol. The van der Waals surface area contributed by atoms with Gasteiger partial charge in [0, 0.05) is 0 Å². The molecule has 0 spiro atoms. The first-order valence-electron chi connectivity index (χ1n) is 8.19. The lowest BCUT2D eigenvalue weighted by molar-refractivity contribution is -0.139. The topological polar surface area (TPSA) is 49.4 Å². The molecule has 0 unspecified atom stereocenters. The van der Waals surface area contributed by atoms with Crippen molar-refractivity contribution in [1.82, 2.24) is 4.90 Å². The molecule has 0 aromatic heterocycles. The molecule has 1 aliphatic heterocycles. The number of benzene rings is 1. The highest BCUT2D eigenvalue weighted by atomic mass is 35.5. The van der Waals surface area contributed by atoms with Crippen molar-refractivity contribution in [2.24, 2.45) is 35.5 Å². The molecule has 118 valence electrons. The van der Waals surface area contributed by atoms with Crippen molar-refractivity contribution in [2.75, 3.05) is 12.0 Å². The van der Waals surface area contributed by atoms with E-state index in [-0.39, 0.29) is 42.2 Å².